The molecule has 0 radical (unpaired) electrons. The van der Waals surface area contributed by atoms with E-state index in [4.69, 9.17) is 23.2 Å². The number of aliphatic hydroxyl groups is 2. The lowest BCUT2D eigenvalue weighted by molar-refractivity contribution is 0.00159. The quantitative estimate of drug-likeness (QED) is 0.604. The van der Waals surface area contributed by atoms with Crippen LogP contribution < -0.4 is 0 Å². The van der Waals surface area contributed by atoms with E-state index in [0.717, 1.165) is 12.1 Å². The molecule has 0 saturated carbocycles. The topological polar surface area (TPSA) is 112 Å². The summed E-state index contributed by atoms with van der Waals surface area (Å²) >= 11 is 11.7. The highest BCUT2D eigenvalue weighted by Gasteiger charge is 2.55. The van der Waals surface area contributed by atoms with Gasteiger partial charge in [-0.05, 0) is 36.4 Å². The second-order valence-corrected chi connectivity index (χ2v) is 11.6. The second-order valence-electron chi connectivity index (χ2n) is 6.74. The molecule has 2 aromatic rings. The lowest BCUT2D eigenvalue weighted by Crippen LogP contribution is -2.49. The first-order valence-electron chi connectivity index (χ1n) is 8.30. The number of sulfonamides is 1. The van der Waals surface area contributed by atoms with Crippen molar-refractivity contribution in [3.63, 3.8) is 0 Å². The van der Waals surface area contributed by atoms with E-state index in [-0.39, 0.29) is 14.9 Å². The van der Waals surface area contributed by atoms with Crippen LogP contribution in [0.2, 0.25) is 10.0 Å². The molecule has 1 heterocycles. The number of β-amino-alcohol motifs (C(OH)–C–C–N with tert-alkyl or cyclic N) is 1. The van der Waals surface area contributed by atoms with Crippen LogP contribution in [0.3, 0.4) is 0 Å². The van der Waals surface area contributed by atoms with Crippen molar-refractivity contribution in [1.82, 2.24) is 4.31 Å². The van der Waals surface area contributed by atoms with Gasteiger partial charge in [0.05, 0.1) is 16.5 Å². The molecule has 2 N–H and O–H groups in total. The van der Waals surface area contributed by atoms with E-state index in [1.807, 2.05) is 0 Å². The van der Waals surface area contributed by atoms with Crippen LogP contribution in [0.4, 0.5) is 8.78 Å². The van der Waals surface area contributed by atoms with Gasteiger partial charge in [-0.1, -0.05) is 23.2 Å². The van der Waals surface area contributed by atoms with Gasteiger partial charge in [-0.25, -0.2) is 25.6 Å². The molecule has 1 saturated heterocycles. The van der Waals surface area contributed by atoms with Gasteiger partial charge in [-0.3, -0.25) is 0 Å². The fraction of sp³-hybridized carbons (Fsp3) is 0.294. The molecule has 2 atom stereocenters. The molecule has 164 valence electrons. The highest BCUT2D eigenvalue weighted by molar-refractivity contribution is 7.92. The van der Waals surface area contributed by atoms with Crippen molar-refractivity contribution in [1.29, 1.82) is 0 Å². The summed E-state index contributed by atoms with van der Waals surface area (Å²) in [5.41, 5.74) is -2.39. The van der Waals surface area contributed by atoms with Crippen LogP contribution in [0.25, 0.3) is 0 Å². The first-order valence-corrected chi connectivity index (χ1v) is 12.0. The molecule has 1 fully saturated rings. The van der Waals surface area contributed by atoms with Crippen molar-refractivity contribution >= 4 is 43.1 Å². The second kappa shape index (κ2) is 7.97. The van der Waals surface area contributed by atoms with Gasteiger partial charge in [0, 0.05) is 18.1 Å². The van der Waals surface area contributed by atoms with E-state index in [0.29, 0.717) is 16.4 Å². The van der Waals surface area contributed by atoms with Crippen LogP contribution in [-0.4, -0.2) is 61.9 Å². The number of halogens is 4. The summed E-state index contributed by atoms with van der Waals surface area (Å²) in [6, 6.07) is 5.38. The first-order chi connectivity index (χ1) is 13.8. The normalized spacial score (nSPS) is 23.1. The Labute approximate surface area is 181 Å². The largest absolute Gasteiger partial charge is 0.393 e. The fourth-order valence-corrected chi connectivity index (χ4v) is 7.50. The van der Waals surface area contributed by atoms with Gasteiger partial charge < -0.3 is 10.2 Å². The molecule has 0 bridgehead atoms. The Morgan fingerprint density at radius 3 is 2.30 bits per heavy atom. The molecule has 0 spiro atoms. The fourth-order valence-electron chi connectivity index (χ4n) is 3.19. The van der Waals surface area contributed by atoms with Crippen LogP contribution in [0, 0.1) is 11.6 Å². The number of hydrogen-bond acceptors (Lipinski definition) is 6. The molecular weight excluding hydrogens is 487 g/mol. The van der Waals surface area contributed by atoms with Gasteiger partial charge in [0.25, 0.3) is 0 Å². The van der Waals surface area contributed by atoms with Crippen LogP contribution in [0.5, 0.6) is 0 Å². The van der Waals surface area contributed by atoms with Crippen molar-refractivity contribution in [3.8, 4) is 0 Å². The number of sulfone groups is 1. The summed E-state index contributed by atoms with van der Waals surface area (Å²) in [5, 5.41) is 18.5. The van der Waals surface area contributed by atoms with E-state index in [1.165, 1.54) is 12.1 Å². The SMILES string of the molecule is O=S(=O)(c1ccc(F)c(F)c1)C1CN(S(=O)(=O)c2ccc(Cl)cc2Cl)C[C@@]1(O)CO. The van der Waals surface area contributed by atoms with Crippen LogP contribution in [0.15, 0.2) is 46.2 Å². The molecule has 1 unspecified atom stereocenters. The maximum Gasteiger partial charge on any atom is 0.244 e. The zero-order valence-electron chi connectivity index (χ0n) is 15.0. The maximum absolute atomic E-state index is 13.6. The minimum absolute atomic E-state index is 0.172. The average molecular weight is 502 g/mol. The summed E-state index contributed by atoms with van der Waals surface area (Å²) in [6.45, 7) is -2.61. The van der Waals surface area contributed by atoms with Gasteiger partial charge in [0.1, 0.15) is 15.7 Å². The van der Waals surface area contributed by atoms with Crippen molar-refractivity contribution in [2.45, 2.75) is 20.6 Å². The van der Waals surface area contributed by atoms with Crippen molar-refractivity contribution in [2.24, 2.45) is 0 Å². The molecule has 0 amide bonds. The van der Waals surface area contributed by atoms with E-state index in [2.05, 4.69) is 0 Å². The molecule has 0 aromatic heterocycles. The predicted octanol–water partition coefficient (Wildman–Crippen LogP) is 1.84. The predicted molar refractivity (Wildman–Crippen MR) is 105 cm³/mol. The summed E-state index contributed by atoms with van der Waals surface area (Å²) < 4.78 is 79.3. The molecule has 3 rings (SSSR count). The Bertz CT molecular complexity index is 1210. The van der Waals surface area contributed by atoms with Gasteiger partial charge >= 0.3 is 0 Å². The molecule has 1 aliphatic heterocycles. The number of rotatable bonds is 5. The van der Waals surface area contributed by atoms with E-state index in [9.17, 15) is 35.8 Å². The standard InChI is InChI=1S/C17H15Cl2F2NO6S2/c18-10-1-4-15(12(19)5-10)30(27,28)22-7-16(17(24,8-22)9-23)29(25,26)11-2-3-13(20)14(21)6-11/h1-6,16,23-24H,7-9H2/t16?,17-/m1/s1. The van der Waals surface area contributed by atoms with Gasteiger partial charge in [-0.15, -0.1) is 0 Å². The molecule has 2 aromatic carbocycles. The highest BCUT2D eigenvalue weighted by Crippen LogP contribution is 2.36. The minimum Gasteiger partial charge on any atom is -0.393 e. The smallest absolute Gasteiger partial charge is 0.244 e. The number of nitrogens with zero attached hydrogens (tertiary/aromatic N) is 1. The molecular formula is C17H15Cl2F2NO6S2. The number of aliphatic hydroxyl groups excluding tert-OH is 1. The van der Waals surface area contributed by atoms with Gasteiger partial charge in [0.15, 0.2) is 21.5 Å². The minimum atomic E-state index is -4.57. The summed E-state index contributed by atoms with van der Waals surface area (Å²) in [4.78, 5) is -1.04. The van der Waals surface area contributed by atoms with Crippen LogP contribution in [-0.2, 0) is 19.9 Å². The maximum atomic E-state index is 13.6. The van der Waals surface area contributed by atoms with Gasteiger partial charge in [0.2, 0.25) is 10.0 Å². The lowest BCUT2D eigenvalue weighted by atomic mass is 10.1. The molecule has 13 heteroatoms. The summed E-state index contributed by atoms with van der Waals surface area (Å²) in [7, 11) is -8.95. The van der Waals surface area contributed by atoms with Gasteiger partial charge in [-0.2, -0.15) is 4.31 Å². The van der Waals surface area contributed by atoms with E-state index >= 15 is 0 Å². The Kier molecular flexibility index (Phi) is 6.20. The zero-order chi connectivity index (χ0) is 22.5. The average Bonchev–Trinajstić information content (AvgIpc) is 3.03. The molecule has 7 nitrogen and oxygen atoms in total. The molecule has 0 aliphatic carbocycles. The summed E-state index contributed by atoms with van der Waals surface area (Å²) in [5.74, 6) is -2.71. The molecule has 1 aliphatic rings. The molecule has 30 heavy (non-hydrogen) atoms. The zero-order valence-corrected chi connectivity index (χ0v) is 18.1. The summed E-state index contributed by atoms with van der Waals surface area (Å²) in [6.07, 6.45) is 0. The van der Waals surface area contributed by atoms with Crippen LogP contribution >= 0.6 is 23.2 Å². The van der Waals surface area contributed by atoms with Crippen molar-refractivity contribution in [3.05, 3.63) is 58.1 Å². The highest BCUT2D eigenvalue weighted by atomic mass is 35.5. The Hall–Kier alpha value is -1.34. The third-order valence-electron chi connectivity index (χ3n) is 4.80. The third-order valence-corrected chi connectivity index (χ3v) is 9.58. The Balaban J connectivity index is 2.04. The van der Waals surface area contributed by atoms with Crippen LogP contribution in [0.1, 0.15) is 0 Å². The van der Waals surface area contributed by atoms with Crippen molar-refractivity contribution in [2.75, 3.05) is 19.7 Å². The Morgan fingerprint density at radius 2 is 1.73 bits per heavy atom. The monoisotopic (exact) mass is 501 g/mol. The van der Waals surface area contributed by atoms with Crippen molar-refractivity contribution < 1.29 is 35.8 Å². The van der Waals surface area contributed by atoms with E-state index < -0.39 is 66.9 Å². The lowest BCUT2D eigenvalue weighted by Gasteiger charge is -2.26. The number of hydrogen-bond donors (Lipinski definition) is 2. The number of benzene rings is 2. The third kappa shape index (κ3) is 3.95. The van der Waals surface area contributed by atoms with E-state index in [1.54, 1.807) is 0 Å². The Morgan fingerprint density at radius 1 is 1.07 bits per heavy atom. The first kappa shape index (κ1) is 23.3.